The van der Waals surface area contributed by atoms with Gasteiger partial charge in [-0.15, -0.1) is 0 Å². The van der Waals surface area contributed by atoms with Gasteiger partial charge in [0, 0.05) is 23.2 Å². The van der Waals surface area contributed by atoms with Crippen molar-refractivity contribution in [3.63, 3.8) is 0 Å². The second-order valence-corrected chi connectivity index (χ2v) is 8.70. The molecule has 4 aromatic rings. The molecule has 5 atom stereocenters. The van der Waals surface area contributed by atoms with Crippen LogP contribution >= 0.6 is 0 Å². The third-order valence-corrected chi connectivity index (χ3v) is 6.79. The smallest absolute Gasteiger partial charge is 0.155 e. The standard InChI is InChI=1S/C22H22N6O2/c1-12-23-19-7-3-5-17(27(19)25-12)14-9-15(14)21(30)22(11-29)10-16(22)18-6-4-8-20-24-13(2)26-28(18)20/h3-8,11,14-16,21,30H,9-10H2,1-2H3. The van der Waals surface area contributed by atoms with Crippen LogP contribution in [0, 0.1) is 25.2 Å². The molecule has 2 aliphatic rings. The average molecular weight is 402 g/mol. The monoisotopic (exact) mass is 402 g/mol. The fraction of sp³-hybridized carbons (Fsp3) is 0.409. The fourth-order valence-electron chi connectivity index (χ4n) is 5.11. The van der Waals surface area contributed by atoms with Gasteiger partial charge in [0.05, 0.1) is 11.5 Å². The van der Waals surface area contributed by atoms with Crippen LogP contribution < -0.4 is 0 Å². The van der Waals surface area contributed by atoms with Gasteiger partial charge >= 0.3 is 0 Å². The number of rotatable bonds is 5. The number of hydrogen-bond donors (Lipinski definition) is 1. The molecule has 0 amide bonds. The van der Waals surface area contributed by atoms with Gasteiger partial charge in [-0.1, -0.05) is 12.1 Å². The largest absolute Gasteiger partial charge is 0.392 e. The molecule has 0 radical (unpaired) electrons. The Labute approximate surface area is 172 Å². The van der Waals surface area contributed by atoms with Crippen molar-refractivity contribution in [3.8, 4) is 0 Å². The lowest BCUT2D eigenvalue weighted by atomic mass is 9.91. The third-order valence-electron chi connectivity index (χ3n) is 6.79. The lowest BCUT2D eigenvalue weighted by Gasteiger charge is -2.19. The Hall–Kier alpha value is -3.13. The average Bonchev–Trinajstić information content (AvgIpc) is 3.60. The predicted molar refractivity (Wildman–Crippen MR) is 108 cm³/mol. The van der Waals surface area contributed by atoms with Crippen molar-refractivity contribution in [1.29, 1.82) is 0 Å². The maximum absolute atomic E-state index is 12.2. The lowest BCUT2D eigenvalue weighted by Crippen LogP contribution is -2.28. The van der Waals surface area contributed by atoms with Crippen molar-refractivity contribution < 1.29 is 9.90 Å². The summed E-state index contributed by atoms with van der Waals surface area (Å²) in [4.78, 5) is 21.1. The minimum absolute atomic E-state index is 0.0343. The Morgan fingerprint density at radius 2 is 1.63 bits per heavy atom. The summed E-state index contributed by atoms with van der Waals surface area (Å²) in [5, 5.41) is 20.3. The van der Waals surface area contributed by atoms with Gasteiger partial charge < -0.3 is 9.90 Å². The van der Waals surface area contributed by atoms with Gasteiger partial charge in [0.2, 0.25) is 0 Å². The van der Waals surface area contributed by atoms with Crippen molar-refractivity contribution in [1.82, 2.24) is 29.2 Å². The van der Waals surface area contributed by atoms with E-state index in [1.165, 1.54) is 0 Å². The van der Waals surface area contributed by atoms with E-state index in [0.717, 1.165) is 41.2 Å². The molecule has 0 aliphatic heterocycles. The number of fused-ring (bicyclic) bond motifs is 2. The quantitative estimate of drug-likeness (QED) is 0.514. The van der Waals surface area contributed by atoms with Gasteiger partial charge in [0.25, 0.3) is 0 Å². The molecule has 2 saturated carbocycles. The van der Waals surface area contributed by atoms with Gasteiger partial charge in [-0.25, -0.2) is 19.0 Å². The first kappa shape index (κ1) is 17.7. The molecule has 1 N–H and O–H groups in total. The van der Waals surface area contributed by atoms with Crippen LogP contribution in [0.2, 0.25) is 0 Å². The van der Waals surface area contributed by atoms with E-state index >= 15 is 0 Å². The number of aliphatic hydroxyl groups excluding tert-OH is 1. The van der Waals surface area contributed by atoms with Gasteiger partial charge in [-0.3, -0.25) is 0 Å². The molecule has 2 fully saturated rings. The summed E-state index contributed by atoms with van der Waals surface area (Å²) in [5.41, 5.74) is 2.80. The van der Waals surface area contributed by atoms with Gasteiger partial charge in [0.1, 0.15) is 17.9 Å². The number of carbonyl (C=O) groups excluding carboxylic acids is 1. The Kier molecular flexibility index (Phi) is 3.51. The third kappa shape index (κ3) is 2.40. The first-order valence-electron chi connectivity index (χ1n) is 10.3. The number of aromatic nitrogens is 6. The highest BCUT2D eigenvalue weighted by atomic mass is 16.3. The van der Waals surface area contributed by atoms with Crippen molar-refractivity contribution in [2.24, 2.45) is 11.3 Å². The molecule has 0 saturated heterocycles. The highest BCUT2D eigenvalue weighted by Crippen LogP contribution is 2.65. The SMILES string of the molecule is Cc1nc2cccc(C3CC3C(O)C3(C=O)CC3c3cccc4nc(C)nn34)n2n1. The number of aryl methyl sites for hydroxylation is 2. The van der Waals surface area contributed by atoms with Crippen LogP contribution in [0.25, 0.3) is 11.3 Å². The molecule has 30 heavy (non-hydrogen) atoms. The normalized spacial score (nSPS) is 28.7. The van der Waals surface area contributed by atoms with E-state index in [9.17, 15) is 9.90 Å². The molecule has 8 heteroatoms. The van der Waals surface area contributed by atoms with Crippen molar-refractivity contribution in [2.75, 3.05) is 0 Å². The van der Waals surface area contributed by atoms with E-state index in [4.69, 9.17) is 0 Å². The van der Waals surface area contributed by atoms with Crippen molar-refractivity contribution >= 4 is 17.6 Å². The summed E-state index contributed by atoms with van der Waals surface area (Å²) in [5.74, 6) is 1.57. The summed E-state index contributed by atoms with van der Waals surface area (Å²) in [7, 11) is 0. The molecule has 6 rings (SSSR count). The number of carbonyl (C=O) groups is 1. The zero-order valence-electron chi connectivity index (χ0n) is 16.8. The molecule has 0 aromatic carbocycles. The minimum atomic E-state index is -0.764. The van der Waals surface area contributed by atoms with E-state index in [-0.39, 0.29) is 17.8 Å². The first-order chi connectivity index (χ1) is 14.5. The molecule has 2 aliphatic carbocycles. The molecule has 152 valence electrons. The fourth-order valence-corrected chi connectivity index (χ4v) is 5.11. The zero-order valence-corrected chi connectivity index (χ0v) is 16.8. The number of hydrogen-bond acceptors (Lipinski definition) is 6. The first-order valence-corrected chi connectivity index (χ1v) is 10.3. The van der Waals surface area contributed by atoms with Gasteiger partial charge in [-0.2, -0.15) is 10.2 Å². The minimum Gasteiger partial charge on any atom is -0.392 e. The molecule has 0 bridgehead atoms. The van der Waals surface area contributed by atoms with E-state index in [1.54, 1.807) is 4.52 Å². The molecular weight excluding hydrogens is 380 g/mol. The van der Waals surface area contributed by atoms with Crippen LogP contribution in [0.1, 0.15) is 47.7 Å². The van der Waals surface area contributed by atoms with E-state index in [2.05, 4.69) is 20.2 Å². The highest BCUT2D eigenvalue weighted by Gasteiger charge is 2.65. The zero-order chi connectivity index (χ0) is 20.6. The van der Waals surface area contributed by atoms with Crippen LogP contribution in [0.5, 0.6) is 0 Å². The summed E-state index contributed by atoms with van der Waals surface area (Å²) >= 11 is 0. The maximum atomic E-state index is 12.2. The second-order valence-electron chi connectivity index (χ2n) is 8.70. The highest BCUT2D eigenvalue weighted by molar-refractivity contribution is 5.69. The molecule has 4 heterocycles. The van der Waals surface area contributed by atoms with Crippen LogP contribution in [-0.2, 0) is 4.79 Å². The van der Waals surface area contributed by atoms with Crippen LogP contribution in [0.15, 0.2) is 36.4 Å². The molecule has 0 spiro atoms. The Morgan fingerprint density at radius 1 is 1.03 bits per heavy atom. The molecule has 5 unspecified atom stereocenters. The summed E-state index contributed by atoms with van der Waals surface area (Å²) in [6.07, 6.45) is 1.73. The Balaban J connectivity index is 1.31. The lowest BCUT2D eigenvalue weighted by molar-refractivity contribution is -0.116. The summed E-state index contributed by atoms with van der Waals surface area (Å²) in [6.45, 7) is 3.73. The number of nitrogens with zero attached hydrogens (tertiary/aromatic N) is 6. The van der Waals surface area contributed by atoms with Gasteiger partial charge in [-0.05, 0) is 56.9 Å². The Bertz CT molecular complexity index is 1310. The second kappa shape index (κ2) is 5.95. The van der Waals surface area contributed by atoms with E-state index in [0.29, 0.717) is 12.2 Å². The van der Waals surface area contributed by atoms with Crippen molar-refractivity contribution in [2.45, 2.75) is 44.6 Å². The van der Waals surface area contributed by atoms with Crippen LogP contribution in [0.3, 0.4) is 0 Å². The number of aldehydes is 1. The summed E-state index contributed by atoms with van der Waals surface area (Å²) < 4.78 is 3.67. The van der Waals surface area contributed by atoms with Crippen LogP contribution in [0.4, 0.5) is 0 Å². The summed E-state index contributed by atoms with van der Waals surface area (Å²) in [6, 6.07) is 11.8. The number of aliphatic hydroxyl groups is 1. The molecule has 4 aromatic heterocycles. The van der Waals surface area contributed by atoms with Crippen LogP contribution in [-0.4, -0.2) is 46.7 Å². The van der Waals surface area contributed by atoms with Crippen molar-refractivity contribution in [3.05, 3.63) is 59.4 Å². The maximum Gasteiger partial charge on any atom is 0.155 e. The molecular formula is C22H22N6O2. The Morgan fingerprint density at radius 3 is 2.27 bits per heavy atom. The van der Waals surface area contributed by atoms with E-state index in [1.807, 2.05) is 54.8 Å². The number of pyridine rings is 2. The van der Waals surface area contributed by atoms with Gasteiger partial charge in [0.15, 0.2) is 11.3 Å². The molecule has 8 nitrogen and oxygen atoms in total. The topological polar surface area (TPSA) is 97.7 Å². The van der Waals surface area contributed by atoms with E-state index < -0.39 is 11.5 Å². The predicted octanol–water partition coefficient (Wildman–Crippen LogP) is 2.23.